The third-order valence-corrected chi connectivity index (χ3v) is 5.54. The van der Waals surface area contributed by atoms with Crippen molar-refractivity contribution in [1.82, 2.24) is 15.3 Å². The van der Waals surface area contributed by atoms with Crippen LogP contribution in [0.3, 0.4) is 0 Å². The molecule has 1 amide bonds. The molecule has 0 saturated carbocycles. The average Bonchev–Trinajstić information content (AvgIpc) is 3.32. The van der Waals surface area contributed by atoms with Gasteiger partial charge in [-0.05, 0) is 38.1 Å². The van der Waals surface area contributed by atoms with Crippen LogP contribution in [0.1, 0.15) is 41.1 Å². The molecule has 2 heterocycles. The Morgan fingerprint density at radius 3 is 2.59 bits per heavy atom. The van der Waals surface area contributed by atoms with E-state index in [4.69, 9.17) is 17.3 Å². The predicted molar refractivity (Wildman–Crippen MR) is 108 cm³/mol. The molecule has 1 aromatic carbocycles. The highest BCUT2D eigenvalue weighted by molar-refractivity contribution is 7.09. The summed E-state index contributed by atoms with van der Waals surface area (Å²) >= 11 is 6.79. The van der Waals surface area contributed by atoms with Gasteiger partial charge in [-0.2, -0.15) is 0 Å². The number of benzene rings is 1. The van der Waals surface area contributed by atoms with E-state index in [1.54, 1.807) is 19.2 Å². The van der Waals surface area contributed by atoms with Crippen LogP contribution in [0, 0.1) is 11.6 Å². The summed E-state index contributed by atoms with van der Waals surface area (Å²) in [6.45, 7) is 3.28. The zero-order valence-electron chi connectivity index (χ0n) is 15.6. The van der Waals surface area contributed by atoms with E-state index in [2.05, 4.69) is 15.3 Å². The average molecular weight is 441 g/mol. The Balaban J connectivity index is 1.85. The van der Waals surface area contributed by atoms with Crippen molar-refractivity contribution in [3.63, 3.8) is 0 Å². The number of nitrogens with one attached hydrogen (secondary N) is 2. The number of halogens is 3. The van der Waals surface area contributed by atoms with Gasteiger partial charge in [0.05, 0.1) is 18.3 Å². The fourth-order valence-corrected chi connectivity index (χ4v) is 3.87. The number of aliphatic hydroxyl groups is 1. The van der Waals surface area contributed by atoms with Crippen molar-refractivity contribution >= 4 is 28.8 Å². The molecule has 0 saturated heterocycles. The SMILES string of the molecule is CC(C)(N)C(NC(=O)c1ccc(-c2cc(F)c(Cl)c(F)c2)[nH]1)c1nc(CO)cs1. The second-order valence-electron chi connectivity index (χ2n) is 7.10. The molecule has 1 unspecified atom stereocenters. The number of nitrogens with zero attached hydrogens (tertiary/aromatic N) is 1. The Bertz CT molecular complexity index is 1020. The normalized spacial score (nSPS) is 12.8. The van der Waals surface area contributed by atoms with Crippen LogP contribution < -0.4 is 11.1 Å². The van der Waals surface area contributed by atoms with E-state index >= 15 is 0 Å². The highest BCUT2D eigenvalue weighted by atomic mass is 35.5. The Labute approximate surface area is 174 Å². The molecule has 0 spiro atoms. The molecule has 154 valence electrons. The van der Waals surface area contributed by atoms with Crippen molar-refractivity contribution in [2.75, 3.05) is 0 Å². The van der Waals surface area contributed by atoms with Gasteiger partial charge >= 0.3 is 0 Å². The number of rotatable bonds is 6. The van der Waals surface area contributed by atoms with E-state index in [1.807, 2.05) is 0 Å². The van der Waals surface area contributed by atoms with E-state index in [1.165, 1.54) is 23.5 Å². The zero-order chi connectivity index (χ0) is 21.3. The lowest BCUT2D eigenvalue weighted by molar-refractivity contribution is 0.0914. The molecule has 3 aromatic rings. The summed E-state index contributed by atoms with van der Waals surface area (Å²) in [5.74, 6) is -2.25. The van der Waals surface area contributed by atoms with Crippen molar-refractivity contribution in [3.05, 3.63) is 62.7 Å². The number of carbonyl (C=O) groups excluding carboxylic acids is 1. The van der Waals surface area contributed by atoms with Gasteiger partial charge in [-0.25, -0.2) is 13.8 Å². The van der Waals surface area contributed by atoms with Crippen LogP contribution in [-0.2, 0) is 6.61 Å². The Kier molecular flexibility index (Phi) is 6.04. The summed E-state index contributed by atoms with van der Waals surface area (Å²) in [6.07, 6.45) is 0. The van der Waals surface area contributed by atoms with Gasteiger partial charge in [0.15, 0.2) is 0 Å². The van der Waals surface area contributed by atoms with Crippen LogP contribution in [-0.4, -0.2) is 26.5 Å². The summed E-state index contributed by atoms with van der Waals surface area (Å²) in [7, 11) is 0. The van der Waals surface area contributed by atoms with Crippen LogP contribution in [0.5, 0.6) is 0 Å². The quantitative estimate of drug-likeness (QED) is 0.438. The first kappa shape index (κ1) is 21.4. The number of carbonyl (C=O) groups is 1. The van der Waals surface area contributed by atoms with Crippen molar-refractivity contribution in [2.24, 2.45) is 5.73 Å². The van der Waals surface area contributed by atoms with Crippen molar-refractivity contribution in [3.8, 4) is 11.3 Å². The molecule has 29 heavy (non-hydrogen) atoms. The summed E-state index contributed by atoms with van der Waals surface area (Å²) in [6, 6.07) is 4.58. The van der Waals surface area contributed by atoms with Crippen molar-refractivity contribution in [2.45, 2.75) is 32.0 Å². The molecule has 0 aliphatic rings. The highest BCUT2D eigenvalue weighted by Crippen LogP contribution is 2.29. The van der Waals surface area contributed by atoms with Crippen molar-refractivity contribution in [1.29, 1.82) is 0 Å². The van der Waals surface area contributed by atoms with Crippen LogP contribution in [0.15, 0.2) is 29.6 Å². The predicted octanol–water partition coefficient (Wildman–Crippen LogP) is 3.77. The topological polar surface area (TPSA) is 104 Å². The molecule has 0 aliphatic heterocycles. The minimum atomic E-state index is -0.893. The maximum absolute atomic E-state index is 13.7. The molecule has 0 aliphatic carbocycles. The second-order valence-corrected chi connectivity index (χ2v) is 8.37. The third-order valence-electron chi connectivity index (χ3n) is 4.22. The summed E-state index contributed by atoms with van der Waals surface area (Å²) < 4.78 is 27.4. The monoisotopic (exact) mass is 440 g/mol. The number of H-pyrrole nitrogens is 1. The maximum Gasteiger partial charge on any atom is 0.268 e. The molecule has 0 bridgehead atoms. The molecule has 0 radical (unpaired) electrons. The largest absolute Gasteiger partial charge is 0.390 e. The molecular formula is C19H19ClF2N4O2S. The molecule has 6 nitrogen and oxygen atoms in total. The van der Waals surface area contributed by atoms with Gasteiger partial charge in [0.1, 0.15) is 27.4 Å². The Morgan fingerprint density at radius 2 is 2.03 bits per heavy atom. The van der Waals surface area contributed by atoms with E-state index in [0.29, 0.717) is 16.4 Å². The first-order chi connectivity index (χ1) is 13.6. The van der Waals surface area contributed by atoms with Crippen LogP contribution in [0.4, 0.5) is 8.78 Å². The van der Waals surface area contributed by atoms with E-state index in [9.17, 15) is 18.7 Å². The molecular weight excluding hydrogens is 422 g/mol. The summed E-state index contributed by atoms with van der Waals surface area (Å²) in [5, 5.41) is 13.7. The number of aromatic amines is 1. The fourth-order valence-electron chi connectivity index (χ4n) is 2.71. The van der Waals surface area contributed by atoms with Gasteiger partial charge in [-0.15, -0.1) is 11.3 Å². The van der Waals surface area contributed by atoms with Gasteiger partial charge in [0.25, 0.3) is 5.91 Å². The fraction of sp³-hybridized carbons (Fsp3) is 0.263. The molecule has 2 aromatic heterocycles. The van der Waals surface area contributed by atoms with Crippen molar-refractivity contribution < 1.29 is 18.7 Å². The van der Waals surface area contributed by atoms with E-state index in [-0.39, 0.29) is 17.9 Å². The number of hydrogen-bond donors (Lipinski definition) is 4. The lowest BCUT2D eigenvalue weighted by Crippen LogP contribution is -2.48. The number of aromatic nitrogens is 2. The molecule has 10 heteroatoms. The van der Waals surface area contributed by atoms with Crippen LogP contribution in [0.25, 0.3) is 11.3 Å². The standard InChI is InChI=1S/C19H19ClF2N4O2S/c1-19(2,23)16(18-24-10(7-27)8-29-18)26-17(28)14-4-3-13(25-14)9-5-11(21)15(20)12(22)6-9/h3-6,8,16,25,27H,7,23H2,1-2H3,(H,26,28). The minimum absolute atomic E-state index is 0.184. The van der Waals surface area contributed by atoms with Gasteiger partial charge in [0, 0.05) is 22.2 Å². The molecule has 0 fully saturated rings. The second kappa shape index (κ2) is 8.19. The molecule has 1 atom stereocenters. The van der Waals surface area contributed by atoms with Gasteiger partial charge in [0.2, 0.25) is 0 Å². The Morgan fingerprint density at radius 1 is 1.38 bits per heavy atom. The molecule has 3 rings (SSSR count). The number of aliphatic hydroxyl groups excluding tert-OH is 1. The van der Waals surface area contributed by atoms with Crippen LogP contribution in [0.2, 0.25) is 5.02 Å². The zero-order valence-corrected chi connectivity index (χ0v) is 17.2. The lowest BCUT2D eigenvalue weighted by atomic mass is 9.96. The summed E-state index contributed by atoms with van der Waals surface area (Å²) in [4.78, 5) is 19.9. The van der Waals surface area contributed by atoms with E-state index < -0.39 is 34.1 Å². The lowest BCUT2D eigenvalue weighted by Gasteiger charge is -2.29. The minimum Gasteiger partial charge on any atom is -0.390 e. The third kappa shape index (κ3) is 4.64. The highest BCUT2D eigenvalue weighted by Gasteiger charge is 2.31. The number of thiazole rings is 1. The first-order valence-corrected chi connectivity index (χ1v) is 9.84. The Hall–Kier alpha value is -2.33. The van der Waals surface area contributed by atoms with Gasteiger partial charge < -0.3 is 21.1 Å². The first-order valence-electron chi connectivity index (χ1n) is 8.59. The maximum atomic E-state index is 13.7. The smallest absolute Gasteiger partial charge is 0.268 e. The number of hydrogen-bond acceptors (Lipinski definition) is 5. The van der Waals surface area contributed by atoms with E-state index in [0.717, 1.165) is 12.1 Å². The van der Waals surface area contributed by atoms with Gasteiger partial charge in [-0.3, -0.25) is 4.79 Å². The van der Waals surface area contributed by atoms with Gasteiger partial charge in [-0.1, -0.05) is 11.6 Å². The van der Waals surface area contributed by atoms with Crippen LogP contribution >= 0.6 is 22.9 Å². The number of amides is 1. The molecule has 5 N–H and O–H groups in total. The number of nitrogens with two attached hydrogens (primary N) is 1. The summed E-state index contributed by atoms with van der Waals surface area (Å²) in [5.41, 5.74) is 6.62.